The van der Waals surface area contributed by atoms with Crippen LogP contribution in [-0.2, 0) is 4.79 Å². The summed E-state index contributed by atoms with van der Waals surface area (Å²) in [6.07, 6.45) is 0.495. The van der Waals surface area contributed by atoms with Crippen molar-refractivity contribution in [1.29, 1.82) is 0 Å². The summed E-state index contributed by atoms with van der Waals surface area (Å²) >= 11 is 6.11. The molecule has 128 valence electrons. The van der Waals surface area contributed by atoms with Gasteiger partial charge in [-0.1, -0.05) is 48.9 Å². The molecule has 4 nitrogen and oxygen atoms in total. The van der Waals surface area contributed by atoms with Gasteiger partial charge in [-0.25, -0.2) is 0 Å². The minimum Gasteiger partial charge on any atom is -0.481 e. The number of rotatable bonds is 6. The topological polar surface area (TPSA) is 67.5 Å². The molecule has 0 bridgehead atoms. The Morgan fingerprint density at radius 1 is 1.16 bits per heavy atom. The van der Waals surface area contributed by atoms with E-state index in [1.54, 1.807) is 42.5 Å². The van der Waals surface area contributed by atoms with E-state index in [-0.39, 0.29) is 23.9 Å². The van der Waals surface area contributed by atoms with Crippen molar-refractivity contribution in [2.75, 3.05) is 0 Å². The van der Waals surface area contributed by atoms with Gasteiger partial charge >= 0.3 is 5.97 Å². The lowest BCUT2D eigenvalue weighted by Gasteiger charge is -2.13. The average molecular weight is 357 g/mol. The molecule has 3 aromatic rings. The second-order valence-corrected chi connectivity index (χ2v) is 6.32. The standard InChI is InChI=1S/C20H17ClO4/c1-2-12(10-17(22)23)18-15-11-14(21)8-9-16(15)25-20(18)19(24)13-6-4-3-5-7-13/h3-9,11-12H,2,10H2,1H3,(H,22,23). The normalized spacial score (nSPS) is 12.2. The molecule has 1 unspecified atom stereocenters. The van der Waals surface area contributed by atoms with Crippen LogP contribution in [0.25, 0.3) is 11.0 Å². The molecule has 0 aliphatic heterocycles. The van der Waals surface area contributed by atoms with Gasteiger partial charge in [0.1, 0.15) is 5.58 Å². The van der Waals surface area contributed by atoms with Gasteiger partial charge in [0.05, 0.1) is 6.42 Å². The van der Waals surface area contributed by atoms with Crippen molar-refractivity contribution < 1.29 is 19.1 Å². The predicted octanol–water partition coefficient (Wildman–Crippen LogP) is 5.29. The Bertz CT molecular complexity index is 928. The molecule has 0 fully saturated rings. The van der Waals surface area contributed by atoms with Crippen molar-refractivity contribution in [3.05, 3.63) is 70.4 Å². The zero-order chi connectivity index (χ0) is 18.0. The molecule has 1 atom stereocenters. The van der Waals surface area contributed by atoms with Crippen LogP contribution < -0.4 is 0 Å². The zero-order valence-electron chi connectivity index (χ0n) is 13.7. The first-order chi connectivity index (χ1) is 12.0. The van der Waals surface area contributed by atoms with Crippen molar-refractivity contribution in [2.45, 2.75) is 25.7 Å². The minimum absolute atomic E-state index is 0.0767. The number of carbonyl (C=O) groups is 2. The molecule has 5 heteroatoms. The van der Waals surface area contributed by atoms with E-state index in [4.69, 9.17) is 16.0 Å². The molecule has 1 N–H and O–H groups in total. The minimum atomic E-state index is -0.915. The van der Waals surface area contributed by atoms with Crippen LogP contribution in [0.4, 0.5) is 0 Å². The van der Waals surface area contributed by atoms with Crippen molar-refractivity contribution in [3.63, 3.8) is 0 Å². The Hall–Kier alpha value is -2.59. The third-order valence-electron chi connectivity index (χ3n) is 4.25. The fourth-order valence-electron chi connectivity index (χ4n) is 3.04. The molecule has 0 saturated carbocycles. The molecule has 0 aliphatic carbocycles. The van der Waals surface area contributed by atoms with E-state index in [9.17, 15) is 14.7 Å². The highest BCUT2D eigenvalue weighted by Gasteiger charge is 2.28. The van der Waals surface area contributed by atoms with Crippen molar-refractivity contribution in [3.8, 4) is 0 Å². The average Bonchev–Trinajstić information content (AvgIpc) is 2.98. The van der Waals surface area contributed by atoms with Crippen LogP contribution in [0.3, 0.4) is 0 Å². The van der Waals surface area contributed by atoms with Gasteiger partial charge in [-0.05, 0) is 30.5 Å². The summed E-state index contributed by atoms with van der Waals surface area (Å²) in [7, 11) is 0. The lowest BCUT2D eigenvalue weighted by molar-refractivity contribution is -0.137. The molecule has 1 aromatic heterocycles. The van der Waals surface area contributed by atoms with E-state index in [1.165, 1.54) is 0 Å². The number of carbonyl (C=O) groups excluding carboxylic acids is 1. The van der Waals surface area contributed by atoms with Crippen LogP contribution in [0, 0.1) is 0 Å². The number of hydrogen-bond donors (Lipinski definition) is 1. The van der Waals surface area contributed by atoms with Crippen LogP contribution in [0.1, 0.15) is 47.4 Å². The number of furan rings is 1. The van der Waals surface area contributed by atoms with Gasteiger partial charge in [0.15, 0.2) is 5.76 Å². The molecule has 2 aromatic carbocycles. The first-order valence-corrected chi connectivity index (χ1v) is 8.42. The molecular weight excluding hydrogens is 340 g/mol. The summed E-state index contributed by atoms with van der Waals surface area (Å²) in [5.74, 6) is -1.32. The van der Waals surface area contributed by atoms with Gasteiger partial charge in [-0.15, -0.1) is 0 Å². The van der Waals surface area contributed by atoms with Crippen LogP contribution >= 0.6 is 11.6 Å². The maximum absolute atomic E-state index is 13.0. The Labute approximate surface area is 150 Å². The van der Waals surface area contributed by atoms with Gasteiger partial charge in [-0.3, -0.25) is 9.59 Å². The molecule has 0 aliphatic rings. The van der Waals surface area contributed by atoms with Crippen molar-refractivity contribution >= 4 is 34.3 Å². The molecule has 0 spiro atoms. The second-order valence-electron chi connectivity index (χ2n) is 5.88. The molecule has 0 amide bonds. The van der Waals surface area contributed by atoms with Crippen LogP contribution in [0.5, 0.6) is 0 Å². The maximum atomic E-state index is 13.0. The SMILES string of the molecule is CCC(CC(=O)O)c1c(C(=O)c2ccccc2)oc2ccc(Cl)cc12. The number of halogens is 1. The highest BCUT2D eigenvalue weighted by molar-refractivity contribution is 6.31. The molecule has 1 heterocycles. The highest BCUT2D eigenvalue weighted by atomic mass is 35.5. The summed E-state index contributed by atoms with van der Waals surface area (Å²) in [4.78, 5) is 24.2. The zero-order valence-corrected chi connectivity index (χ0v) is 14.4. The molecule has 25 heavy (non-hydrogen) atoms. The number of benzene rings is 2. The van der Waals surface area contributed by atoms with Gasteiger partial charge in [0, 0.05) is 21.5 Å². The third kappa shape index (κ3) is 3.44. The summed E-state index contributed by atoms with van der Waals surface area (Å²) in [6.45, 7) is 1.90. The summed E-state index contributed by atoms with van der Waals surface area (Å²) in [6, 6.07) is 13.9. The number of ketones is 1. The quantitative estimate of drug-likeness (QED) is 0.609. The van der Waals surface area contributed by atoms with Crippen LogP contribution in [0.15, 0.2) is 52.9 Å². The van der Waals surface area contributed by atoms with E-state index in [0.29, 0.717) is 33.5 Å². The highest BCUT2D eigenvalue weighted by Crippen LogP contribution is 2.37. The first kappa shape index (κ1) is 17.2. The number of carboxylic acids is 1. The van der Waals surface area contributed by atoms with Gasteiger partial charge in [0.2, 0.25) is 5.78 Å². The van der Waals surface area contributed by atoms with Crippen molar-refractivity contribution in [1.82, 2.24) is 0 Å². The van der Waals surface area contributed by atoms with Gasteiger partial charge < -0.3 is 9.52 Å². The van der Waals surface area contributed by atoms with E-state index in [0.717, 1.165) is 0 Å². The number of hydrogen-bond acceptors (Lipinski definition) is 3. The monoisotopic (exact) mass is 356 g/mol. The van der Waals surface area contributed by atoms with E-state index < -0.39 is 5.97 Å². The summed E-state index contributed by atoms with van der Waals surface area (Å²) < 4.78 is 5.83. The summed E-state index contributed by atoms with van der Waals surface area (Å²) in [5, 5.41) is 10.5. The fraction of sp³-hybridized carbons (Fsp3) is 0.200. The van der Waals surface area contributed by atoms with Gasteiger partial charge in [0.25, 0.3) is 0 Å². The van der Waals surface area contributed by atoms with E-state index in [1.807, 2.05) is 13.0 Å². The third-order valence-corrected chi connectivity index (χ3v) is 4.49. The second kappa shape index (κ2) is 7.11. The van der Waals surface area contributed by atoms with Crippen LogP contribution in [-0.4, -0.2) is 16.9 Å². The Morgan fingerprint density at radius 2 is 1.88 bits per heavy atom. The molecule has 0 radical (unpaired) electrons. The Kier molecular flexibility index (Phi) is 4.91. The number of carboxylic acid groups (broad SMARTS) is 1. The van der Waals surface area contributed by atoms with E-state index in [2.05, 4.69) is 0 Å². The largest absolute Gasteiger partial charge is 0.481 e. The van der Waals surface area contributed by atoms with E-state index >= 15 is 0 Å². The summed E-state index contributed by atoms with van der Waals surface area (Å²) in [5.41, 5.74) is 1.65. The van der Waals surface area contributed by atoms with Crippen molar-refractivity contribution in [2.24, 2.45) is 0 Å². The lowest BCUT2D eigenvalue weighted by Crippen LogP contribution is -2.10. The maximum Gasteiger partial charge on any atom is 0.303 e. The Balaban J connectivity index is 2.22. The number of fused-ring (bicyclic) bond motifs is 1. The molecule has 0 saturated heterocycles. The smallest absolute Gasteiger partial charge is 0.303 e. The lowest BCUT2D eigenvalue weighted by atomic mass is 9.89. The fourth-order valence-corrected chi connectivity index (χ4v) is 3.22. The van der Waals surface area contributed by atoms with Gasteiger partial charge in [-0.2, -0.15) is 0 Å². The van der Waals surface area contributed by atoms with Crippen LogP contribution in [0.2, 0.25) is 5.02 Å². The number of aliphatic carboxylic acids is 1. The molecule has 3 rings (SSSR count). The predicted molar refractivity (Wildman–Crippen MR) is 96.4 cm³/mol. The molecular formula is C20H17ClO4. The Morgan fingerprint density at radius 3 is 2.52 bits per heavy atom. The first-order valence-electron chi connectivity index (χ1n) is 8.04.